The maximum Gasteiger partial charge on any atom is 0.248 e. The molecule has 0 unspecified atom stereocenters. The minimum absolute atomic E-state index is 0.0589. The molecule has 2 fully saturated rings. The minimum atomic E-state index is -0.0589. The van der Waals surface area contributed by atoms with Gasteiger partial charge in [0, 0.05) is 50.2 Å². The number of piperazine rings is 1. The summed E-state index contributed by atoms with van der Waals surface area (Å²) in [5.74, 6) is 0.909. The molecule has 23 heavy (non-hydrogen) atoms. The summed E-state index contributed by atoms with van der Waals surface area (Å²) < 4.78 is 0. The molecule has 3 rings (SSSR count). The van der Waals surface area contributed by atoms with E-state index in [1.54, 1.807) is 6.08 Å². The third-order valence-electron chi connectivity index (χ3n) is 4.48. The first kappa shape index (κ1) is 16.1. The molecular formula is C19H27N3O. The molecule has 1 saturated heterocycles. The normalized spacial score (nSPS) is 18.6. The van der Waals surface area contributed by atoms with Gasteiger partial charge in [0.05, 0.1) is 0 Å². The van der Waals surface area contributed by atoms with E-state index in [4.69, 9.17) is 0 Å². The summed E-state index contributed by atoms with van der Waals surface area (Å²) >= 11 is 0. The molecule has 1 saturated carbocycles. The lowest BCUT2D eigenvalue weighted by Gasteiger charge is -2.36. The molecule has 1 aliphatic heterocycles. The van der Waals surface area contributed by atoms with Gasteiger partial charge in [0.15, 0.2) is 0 Å². The highest BCUT2D eigenvalue weighted by molar-refractivity contribution is 5.99. The van der Waals surface area contributed by atoms with Gasteiger partial charge in [-0.1, -0.05) is 11.6 Å². The topological polar surface area (TPSA) is 35.6 Å². The summed E-state index contributed by atoms with van der Waals surface area (Å²) in [6.07, 6.45) is 4.48. The number of nitrogens with one attached hydrogen (secondary N) is 1. The third-order valence-corrected chi connectivity index (χ3v) is 4.48. The maximum absolute atomic E-state index is 11.9. The number of carbonyl (C=O) groups is 1. The molecule has 0 aromatic heterocycles. The van der Waals surface area contributed by atoms with Crippen molar-refractivity contribution < 1.29 is 4.79 Å². The Morgan fingerprint density at radius 2 is 1.96 bits per heavy atom. The fraction of sp³-hybridized carbons (Fsp3) is 0.526. The second-order valence-electron chi connectivity index (χ2n) is 6.99. The summed E-state index contributed by atoms with van der Waals surface area (Å²) in [4.78, 5) is 16.9. The second kappa shape index (κ2) is 7.18. The van der Waals surface area contributed by atoms with Gasteiger partial charge in [-0.3, -0.25) is 9.69 Å². The summed E-state index contributed by atoms with van der Waals surface area (Å²) in [5.41, 5.74) is 3.07. The number of carbonyl (C=O) groups excluding carboxylic acids is 1. The van der Waals surface area contributed by atoms with Crippen molar-refractivity contribution in [3.63, 3.8) is 0 Å². The first-order valence-electron chi connectivity index (χ1n) is 8.63. The molecule has 0 atom stereocenters. The molecule has 1 N–H and O–H groups in total. The Hall–Kier alpha value is -1.81. The molecule has 1 aromatic rings. The van der Waals surface area contributed by atoms with Crippen LogP contribution in [0.2, 0.25) is 0 Å². The van der Waals surface area contributed by atoms with Crippen LogP contribution in [0, 0.1) is 5.92 Å². The Morgan fingerprint density at radius 3 is 2.61 bits per heavy atom. The largest absolute Gasteiger partial charge is 0.369 e. The molecule has 1 amide bonds. The highest BCUT2D eigenvalue weighted by atomic mass is 16.1. The first-order valence-corrected chi connectivity index (χ1v) is 8.63. The molecule has 0 bridgehead atoms. The predicted octanol–water partition coefficient (Wildman–Crippen LogP) is 3.12. The molecule has 4 heteroatoms. The van der Waals surface area contributed by atoms with Crippen LogP contribution in [0.15, 0.2) is 35.9 Å². The van der Waals surface area contributed by atoms with Crippen LogP contribution in [0.1, 0.15) is 26.7 Å². The van der Waals surface area contributed by atoms with Gasteiger partial charge in [-0.05, 0) is 50.8 Å². The van der Waals surface area contributed by atoms with Crippen molar-refractivity contribution >= 4 is 17.3 Å². The van der Waals surface area contributed by atoms with Crippen molar-refractivity contribution in [3.8, 4) is 0 Å². The lowest BCUT2D eigenvalue weighted by molar-refractivity contribution is -0.111. The van der Waals surface area contributed by atoms with Crippen LogP contribution in [-0.2, 0) is 4.79 Å². The molecule has 0 spiro atoms. The van der Waals surface area contributed by atoms with E-state index in [0.717, 1.165) is 43.4 Å². The Morgan fingerprint density at radius 1 is 1.22 bits per heavy atom. The van der Waals surface area contributed by atoms with E-state index in [2.05, 4.69) is 27.2 Å². The van der Waals surface area contributed by atoms with Crippen molar-refractivity contribution in [2.24, 2.45) is 5.92 Å². The van der Waals surface area contributed by atoms with Crippen molar-refractivity contribution in [3.05, 3.63) is 35.9 Å². The molecule has 4 nitrogen and oxygen atoms in total. The van der Waals surface area contributed by atoms with Crippen molar-refractivity contribution in [2.75, 3.05) is 42.9 Å². The van der Waals surface area contributed by atoms with Crippen LogP contribution < -0.4 is 10.2 Å². The van der Waals surface area contributed by atoms with Crippen molar-refractivity contribution in [1.29, 1.82) is 0 Å². The molecule has 1 heterocycles. The van der Waals surface area contributed by atoms with Crippen LogP contribution in [-0.4, -0.2) is 43.5 Å². The Labute approximate surface area is 139 Å². The summed E-state index contributed by atoms with van der Waals surface area (Å²) in [7, 11) is 0. The number of hydrogen-bond acceptors (Lipinski definition) is 3. The van der Waals surface area contributed by atoms with Crippen LogP contribution in [0.4, 0.5) is 11.4 Å². The van der Waals surface area contributed by atoms with Crippen molar-refractivity contribution in [2.45, 2.75) is 26.7 Å². The van der Waals surface area contributed by atoms with Gasteiger partial charge in [0.25, 0.3) is 0 Å². The van der Waals surface area contributed by atoms with Crippen LogP contribution in [0.3, 0.4) is 0 Å². The number of rotatable bonds is 5. The van der Waals surface area contributed by atoms with E-state index in [-0.39, 0.29) is 5.91 Å². The van der Waals surface area contributed by atoms with Gasteiger partial charge in [-0.2, -0.15) is 0 Å². The SMILES string of the molecule is CC(C)=CC(=O)Nc1cccc(N2CCN(CC3CC3)CC2)c1. The lowest BCUT2D eigenvalue weighted by atomic mass is 10.2. The second-order valence-corrected chi connectivity index (χ2v) is 6.99. The monoisotopic (exact) mass is 313 g/mol. The smallest absolute Gasteiger partial charge is 0.248 e. The van der Waals surface area contributed by atoms with Gasteiger partial charge in [-0.15, -0.1) is 0 Å². The molecule has 1 aromatic carbocycles. The van der Waals surface area contributed by atoms with E-state index >= 15 is 0 Å². The standard InChI is InChI=1S/C19H27N3O/c1-15(2)12-19(23)20-17-4-3-5-18(13-17)22-10-8-21(9-11-22)14-16-6-7-16/h3-5,12-13,16H,6-11,14H2,1-2H3,(H,20,23). The highest BCUT2D eigenvalue weighted by Gasteiger charge is 2.26. The van der Waals surface area contributed by atoms with E-state index in [9.17, 15) is 4.79 Å². The Kier molecular flexibility index (Phi) is 5.01. The molecule has 2 aliphatic rings. The predicted molar refractivity (Wildman–Crippen MR) is 95.9 cm³/mol. The van der Waals surface area contributed by atoms with Crippen LogP contribution in [0.25, 0.3) is 0 Å². The van der Waals surface area contributed by atoms with Crippen molar-refractivity contribution in [1.82, 2.24) is 4.90 Å². The average Bonchev–Trinajstić information content (AvgIpc) is 3.31. The highest BCUT2D eigenvalue weighted by Crippen LogP contribution is 2.30. The van der Waals surface area contributed by atoms with Gasteiger partial charge in [-0.25, -0.2) is 0 Å². The molecule has 0 radical (unpaired) electrons. The first-order chi connectivity index (χ1) is 11.1. The Bertz CT molecular complexity index is 580. The Balaban J connectivity index is 1.57. The number of hydrogen-bond donors (Lipinski definition) is 1. The van der Waals surface area contributed by atoms with Gasteiger partial charge >= 0.3 is 0 Å². The molecular weight excluding hydrogens is 286 g/mol. The molecule has 124 valence electrons. The van der Waals surface area contributed by atoms with Gasteiger partial charge in [0.1, 0.15) is 0 Å². The van der Waals surface area contributed by atoms with E-state index in [0.29, 0.717) is 0 Å². The minimum Gasteiger partial charge on any atom is -0.369 e. The molecule has 1 aliphatic carbocycles. The van der Waals surface area contributed by atoms with Crippen LogP contribution in [0.5, 0.6) is 0 Å². The quantitative estimate of drug-likeness (QED) is 0.848. The van der Waals surface area contributed by atoms with E-state index in [1.807, 2.05) is 26.0 Å². The summed E-state index contributed by atoms with van der Waals surface area (Å²) in [5, 5.41) is 2.94. The number of benzene rings is 1. The summed E-state index contributed by atoms with van der Waals surface area (Å²) in [6, 6.07) is 8.17. The lowest BCUT2D eigenvalue weighted by Crippen LogP contribution is -2.47. The van der Waals surface area contributed by atoms with E-state index in [1.165, 1.54) is 25.1 Å². The van der Waals surface area contributed by atoms with Crippen LogP contribution >= 0.6 is 0 Å². The zero-order valence-corrected chi connectivity index (χ0v) is 14.2. The zero-order valence-electron chi connectivity index (χ0n) is 14.2. The fourth-order valence-electron chi connectivity index (χ4n) is 3.08. The average molecular weight is 313 g/mol. The van der Waals surface area contributed by atoms with Gasteiger partial charge in [0.2, 0.25) is 5.91 Å². The fourth-order valence-corrected chi connectivity index (χ4v) is 3.08. The summed E-state index contributed by atoms with van der Waals surface area (Å²) in [6.45, 7) is 9.56. The van der Waals surface area contributed by atoms with E-state index < -0.39 is 0 Å². The zero-order chi connectivity index (χ0) is 16.2. The number of allylic oxidation sites excluding steroid dienone is 1. The maximum atomic E-state index is 11.9. The van der Waals surface area contributed by atoms with Gasteiger partial charge < -0.3 is 10.2 Å². The third kappa shape index (κ3) is 4.83. The number of anilines is 2. The number of amides is 1. The number of nitrogens with zero attached hydrogens (tertiary/aromatic N) is 2.